The van der Waals surface area contributed by atoms with Crippen molar-refractivity contribution in [3.8, 4) is 0 Å². The number of carbonyl (C=O) groups excluding carboxylic acids is 2. The van der Waals surface area contributed by atoms with Gasteiger partial charge in [0.2, 0.25) is 5.91 Å². The van der Waals surface area contributed by atoms with Gasteiger partial charge in [0.25, 0.3) is 0 Å². The molecule has 0 radical (unpaired) electrons. The summed E-state index contributed by atoms with van der Waals surface area (Å²) < 4.78 is 0. The van der Waals surface area contributed by atoms with E-state index in [0.29, 0.717) is 16.5 Å². The van der Waals surface area contributed by atoms with E-state index in [1.807, 2.05) is 6.92 Å². The van der Waals surface area contributed by atoms with E-state index >= 15 is 0 Å². The molecule has 1 aromatic rings. The number of rotatable bonds is 5. The Morgan fingerprint density at radius 1 is 1.46 bits per heavy atom. The molecule has 7 nitrogen and oxygen atoms in total. The van der Waals surface area contributed by atoms with E-state index in [-0.39, 0.29) is 53.1 Å². The van der Waals surface area contributed by atoms with Crippen molar-refractivity contribution in [2.24, 2.45) is 11.8 Å². The Morgan fingerprint density at radius 3 is 2.62 bits per heavy atom. The summed E-state index contributed by atoms with van der Waals surface area (Å²) in [6, 6.07) is 1.38. The number of carboxylic acids is 1. The van der Waals surface area contributed by atoms with Crippen molar-refractivity contribution < 1.29 is 49.4 Å². The van der Waals surface area contributed by atoms with Gasteiger partial charge >= 0.3 is 29.6 Å². The summed E-state index contributed by atoms with van der Waals surface area (Å²) in [5.41, 5.74) is 0.566. The predicted molar refractivity (Wildman–Crippen MR) is 79.8 cm³/mol. The third-order valence-corrected chi connectivity index (χ3v) is 5.33. The van der Waals surface area contributed by atoms with Crippen LogP contribution in [0.4, 0.5) is 0 Å². The van der Waals surface area contributed by atoms with Crippen molar-refractivity contribution in [3.05, 3.63) is 29.7 Å². The molecule has 0 bridgehead atoms. The number of aromatic nitrogens is 2. The topological polar surface area (TPSA) is 106 Å². The van der Waals surface area contributed by atoms with Gasteiger partial charge in [0.1, 0.15) is 0 Å². The second-order valence-corrected chi connectivity index (χ2v) is 6.68. The van der Waals surface area contributed by atoms with Crippen LogP contribution in [0.15, 0.2) is 34.9 Å². The van der Waals surface area contributed by atoms with Crippen LogP contribution in [0.5, 0.6) is 0 Å². The zero-order valence-electron chi connectivity index (χ0n) is 13.7. The Kier molecular flexibility index (Phi) is 6.09. The van der Waals surface area contributed by atoms with Gasteiger partial charge in [-0.2, -0.15) is 0 Å². The van der Waals surface area contributed by atoms with E-state index in [1.54, 1.807) is 25.4 Å². The summed E-state index contributed by atoms with van der Waals surface area (Å²) in [6.45, 7) is 3.42. The molecule has 1 amide bonds. The molecular formula is C15H16N3NaO4S. The summed E-state index contributed by atoms with van der Waals surface area (Å²) >= 11 is 1.31. The van der Waals surface area contributed by atoms with E-state index in [4.69, 9.17) is 0 Å². The molecular weight excluding hydrogens is 341 g/mol. The number of β-lactam (4-membered cyclic amide) rings is 1. The second-order valence-electron chi connectivity index (χ2n) is 5.74. The zero-order chi connectivity index (χ0) is 16.7. The van der Waals surface area contributed by atoms with E-state index in [2.05, 4.69) is 9.97 Å². The maximum Gasteiger partial charge on any atom is 1.00 e. The quantitative estimate of drug-likeness (QED) is 0.251. The molecule has 1 fully saturated rings. The number of nitrogens with zero attached hydrogens (tertiary/aromatic N) is 3. The molecule has 2 aliphatic rings. The number of carboxylic acid groups (broad SMARTS) is 1. The average Bonchev–Trinajstić information content (AvgIpc) is 2.75. The molecule has 2 unspecified atom stereocenters. The first-order valence-electron chi connectivity index (χ1n) is 7.28. The SMILES string of the molecule is C[C@@H](O)C1C(=O)N2C(C(=O)[O-])=C(CSc3ncccn3)[C@H](C)C12.[Na+]. The molecule has 122 valence electrons. The van der Waals surface area contributed by atoms with Crippen LogP contribution in [0.1, 0.15) is 13.8 Å². The number of aliphatic hydroxyl groups excluding tert-OH is 1. The van der Waals surface area contributed by atoms with Crippen LogP contribution in [-0.2, 0) is 9.59 Å². The number of hydrogen-bond acceptors (Lipinski definition) is 7. The number of fused-ring (bicyclic) bond motifs is 1. The Hall–Kier alpha value is -0.930. The van der Waals surface area contributed by atoms with Gasteiger partial charge in [-0.05, 0) is 18.6 Å². The Bertz CT molecular complexity index is 683. The molecule has 3 rings (SSSR count). The Morgan fingerprint density at radius 2 is 2.08 bits per heavy atom. The normalized spacial score (nSPS) is 26.5. The van der Waals surface area contributed by atoms with Crippen LogP contribution in [0.2, 0.25) is 0 Å². The van der Waals surface area contributed by atoms with Crippen molar-refractivity contribution >= 4 is 23.6 Å². The average molecular weight is 357 g/mol. The first-order chi connectivity index (χ1) is 10.9. The number of aliphatic carboxylic acids is 1. The first kappa shape index (κ1) is 19.4. The Balaban J connectivity index is 0.00000208. The summed E-state index contributed by atoms with van der Waals surface area (Å²) in [5.74, 6) is -2.07. The summed E-state index contributed by atoms with van der Waals surface area (Å²) in [5, 5.41) is 21.8. The number of amides is 1. The first-order valence-corrected chi connectivity index (χ1v) is 8.27. The van der Waals surface area contributed by atoms with Gasteiger partial charge in [-0.25, -0.2) is 9.97 Å². The molecule has 0 spiro atoms. The van der Waals surface area contributed by atoms with Crippen molar-refractivity contribution in [2.45, 2.75) is 31.1 Å². The van der Waals surface area contributed by atoms with Crippen molar-refractivity contribution in [3.63, 3.8) is 0 Å². The van der Waals surface area contributed by atoms with E-state index in [9.17, 15) is 19.8 Å². The summed E-state index contributed by atoms with van der Waals surface area (Å²) in [4.78, 5) is 33.1. The molecule has 1 aromatic heterocycles. The van der Waals surface area contributed by atoms with Gasteiger partial charge in [-0.3, -0.25) is 4.79 Å². The van der Waals surface area contributed by atoms with E-state index < -0.39 is 18.0 Å². The number of thioether (sulfide) groups is 1. The van der Waals surface area contributed by atoms with Crippen molar-refractivity contribution in [1.82, 2.24) is 14.9 Å². The third kappa shape index (κ3) is 3.13. The zero-order valence-corrected chi connectivity index (χ0v) is 16.5. The maximum absolute atomic E-state index is 12.2. The number of hydrogen-bond donors (Lipinski definition) is 1. The van der Waals surface area contributed by atoms with Gasteiger partial charge < -0.3 is 19.9 Å². The molecule has 0 aromatic carbocycles. The molecule has 2 aliphatic heterocycles. The largest absolute Gasteiger partial charge is 1.00 e. The smallest absolute Gasteiger partial charge is 0.543 e. The molecule has 0 aliphatic carbocycles. The van der Waals surface area contributed by atoms with Crippen LogP contribution in [0, 0.1) is 11.8 Å². The molecule has 4 atom stereocenters. The molecule has 1 saturated heterocycles. The minimum Gasteiger partial charge on any atom is -0.543 e. The number of carbonyl (C=O) groups is 2. The van der Waals surface area contributed by atoms with Gasteiger partial charge in [-0.1, -0.05) is 18.7 Å². The van der Waals surface area contributed by atoms with Crippen LogP contribution in [0.25, 0.3) is 0 Å². The maximum atomic E-state index is 12.2. The van der Waals surface area contributed by atoms with Crippen LogP contribution < -0.4 is 34.7 Å². The summed E-state index contributed by atoms with van der Waals surface area (Å²) in [7, 11) is 0. The summed E-state index contributed by atoms with van der Waals surface area (Å²) in [6.07, 6.45) is 2.42. The van der Waals surface area contributed by atoms with Crippen LogP contribution in [0.3, 0.4) is 0 Å². The molecule has 0 saturated carbocycles. The fraction of sp³-hybridized carbons (Fsp3) is 0.467. The van der Waals surface area contributed by atoms with Crippen LogP contribution >= 0.6 is 11.8 Å². The van der Waals surface area contributed by atoms with Crippen molar-refractivity contribution in [1.29, 1.82) is 0 Å². The van der Waals surface area contributed by atoms with E-state index in [1.165, 1.54) is 16.7 Å². The minimum absolute atomic E-state index is 0. The second kappa shape index (κ2) is 7.53. The van der Waals surface area contributed by atoms with Crippen molar-refractivity contribution in [2.75, 3.05) is 5.75 Å². The van der Waals surface area contributed by atoms with Gasteiger partial charge in [0.15, 0.2) is 5.16 Å². The van der Waals surface area contributed by atoms with Gasteiger partial charge in [0, 0.05) is 24.1 Å². The number of aliphatic hydroxyl groups is 1. The van der Waals surface area contributed by atoms with Gasteiger partial charge in [-0.15, -0.1) is 0 Å². The molecule has 9 heteroatoms. The Labute approximate surface area is 165 Å². The monoisotopic (exact) mass is 357 g/mol. The predicted octanol–water partition coefficient (Wildman–Crippen LogP) is -3.57. The minimum atomic E-state index is -1.36. The third-order valence-electron chi connectivity index (χ3n) is 4.41. The van der Waals surface area contributed by atoms with E-state index in [0.717, 1.165) is 0 Å². The standard InChI is InChI=1S/C15H17N3O4S.Na/c1-7-9(6-23-15-16-4-3-5-17-15)12(14(21)22)18-11(7)10(8(2)19)13(18)20;/h3-5,7-8,10-11,19H,6H2,1-2H3,(H,21,22);/q;+1/p-1/t7-,8+,10?,11?;/m0./s1. The molecule has 3 heterocycles. The van der Waals surface area contributed by atoms with Gasteiger partial charge in [0.05, 0.1) is 29.7 Å². The molecule has 24 heavy (non-hydrogen) atoms. The molecule has 1 N–H and O–H groups in total. The fourth-order valence-electron chi connectivity index (χ4n) is 3.33. The fourth-order valence-corrected chi connectivity index (χ4v) is 4.28. The van der Waals surface area contributed by atoms with Crippen LogP contribution in [-0.4, -0.2) is 49.7 Å².